The molecule has 1 rings (SSSR count). The maximum Gasteiger partial charge on any atom is 0.341 e. The van der Waals surface area contributed by atoms with Gasteiger partial charge in [-0.15, -0.1) is 0 Å². The Morgan fingerprint density at radius 3 is 2.16 bits per heavy atom. The van der Waals surface area contributed by atoms with Gasteiger partial charge in [0.05, 0.1) is 19.8 Å². The molecule has 104 valence electrons. The van der Waals surface area contributed by atoms with Gasteiger partial charge >= 0.3 is 11.9 Å². The molecule has 5 heteroatoms. The van der Waals surface area contributed by atoms with Crippen molar-refractivity contribution in [2.45, 2.75) is 26.4 Å². The smallest absolute Gasteiger partial charge is 0.341 e. The van der Waals surface area contributed by atoms with Gasteiger partial charge in [-0.3, -0.25) is 0 Å². The molecular formula is C14H18O5. The summed E-state index contributed by atoms with van der Waals surface area (Å²) in [7, 11) is 2.71. The second kappa shape index (κ2) is 5.73. The summed E-state index contributed by atoms with van der Waals surface area (Å²) in [4.78, 5) is 23.5. The van der Waals surface area contributed by atoms with Gasteiger partial charge in [0.1, 0.15) is 16.9 Å². The highest BCUT2D eigenvalue weighted by Gasteiger charge is 2.21. The molecule has 0 unspecified atom stereocenters. The maximum atomic E-state index is 11.9. The quantitative estimate of drug-likeness (QED) is 0.786. The largest absolute Gasteiger partial charge is 0.496 e. The van der Waals surface area contributed by atoms with Crippen molar-refractivity contribution in [2.75, 3.05) is 14.2 Å². The van der Waals surface area contributed by atoms with Crippen molar-refractivity contribution >= 4 is 11.9 Å². The van der Waals surface area contributed by atoms with Crippen LogP contribution in [-0.2, 0) is 9.47 Å². The fourth-order valence-electron chi connectivity index (χ4n) is 1.44. The van der Waals surface area contributed by atoms with E-state index in [1.807, 2.05) is 0 Å². The minimum absolute atomic E-state index is 0.188. The first-order chi connectivity index (χ1) is 8.78. The summed E-state index contributed by atoms with van der Waals surface area (Å²) < 4.78 is 14.9. The van der Waals surface area contributed by atoms with Gasteiger partial charge in [0, 0.05) is 0 Å². The molecule has 1 aromatic carbocycles. The normalized spacial score (nSPS) is 10.8. The van der Waals surface area contributed by atoms with Crippen LogP contribution in [0.3, 0.4) is 0 Å². The van der Waals surface area contributed by atoms with Crippen LogP contribution in [0.4, 0.5) is 0 Å². The van der Waals surface area contributed by atoms with E-state index in [-0.39, 0.29) is 11.1 Å². The maximum absolute atomic E-state index is 11.9. The summed E-state index contributed by atoms with van der Waals surface area (Å²) >= 11 is 0. The highest BCUT2D eigenvalue weighted by molar-refractivity contribution is 5.97. The molecule has 0 aliphatic rings. The molecule has 0 bridgehead atoms. The number of carbonyl (C=O) groups excluding carboxylic acids is 2. The van der Waals surface area contributed by atoms with Crippen LogP contribution in [0.1, 0.15) is 41.5 Å². The van der Waals surface area contributed by atoms with E-state index >= 15 is 0 Å². The molecule has 0 spiro atoms. The van der Waals surface area contributed by atoms with E-state index in [2.05, 4.69) is 4.74 Å². The van der Waals surface area contributed by atoms with E-state index in [1.165, 1.54) is 26.4 Å². The first-order valence-electron chi connectivity index (χ1n) is 5.78. The topological polar surface area (TPSA) is 61.8 Å². The van der Waals surface area contributed by atoms with E-state index < -0.39 is 17.5 Å². The number of carbonyl (C=O) groups is 2. The summed E-state index contributed by atoms with van der Waals surface area (Å²) in [6.45, 7) is 5.32. The Hall–Kier alpha value is -2.04. The Balaban J connectivity index is 3.11. The lowest BCUT2D eigenvalue weighted by atomic mass is 10.1. The zero-order valence-electron chi connectivity index (χ0n) is 11.8. The Bertz CT molecular complexity index is 485. The molecule has 0 heterocycles. The van der Waals surface area contributed by atoms with Gasteiger partial charge in [-0.25, -0.2) is 9.59 Å². The van der Waals surface area contributed by atoms with Gasteiger partial charge in [-0.05, 0) is 39.0 Å². The molecule has 0 amide bonds. The van der Waals surface area contributed by atoms with Gasteiger partial charge in [0.15, 0.2) is 0 Å². The standard InChI is InChI=1S/C14H18O5/c1-14(2,3)19-12(15)9-6-7-11(17-4)10(8-9)13(16)18-5/h6-8H,1-5H3. The van der Waals surface area contributed by atoms with E-state index in [9.17, 15) is 9.59 Å². The monoisotopic (exact) mass is 266 g/mol. The molecule has 0 atom stereocenters. The zero-order chi connectivity index (χ0) is 14.6. The Morgan fingerprint density at radius 1 is 1.05 bits per heavy atom. The first kappa shape index (κ1) is 15.0. The predicted octanol–water partition coefficient (Wildman–Crippen LogP) is 2.44. The van der Waals surface area contributed by atoms with E-state index in [0.29, 0.717) is 5.75 Å². The fraction of sp³-hybridized carbons (Fsp3) is 0.429. The highest BCUT2D eigenvalue weighted by Crippen LogP contribution is 2.22. The van der Waals surface area contributed by atoms with Crippen molar-refractivity contribution < 1.29 is 23.8 Å². The summed E-state index contributed by atoms with van der Waals surface area (Å²) in [6, 6.07) is 4.48. The van der Waals surface area contributed by atoms with Crippen molar-refractivity contribution in [1.82, 2.24) is 0 Å². The summed E-state index contributed by atoms with van der Waals surface area (Å²) in [5.74, 6) is -0.721. The van der Waals surface area contributed by atoms with Crippen molar-refractivity contribution in [3.05, 3.63) is 29.3 Å². The Morgan fingerprint density at radius 2 is 1.68 bits per heavy atom. The van der Waals surface area contributed by atoms with Crippen LogP contribution in [-0.4, -0.2) is 31.8 Å². The lowest BCUT2D eigenvalue weighted by Crippen LogP contribution is -2.24. The minimum atomic E-state index is -0.595. The average Bonchev–Trinajstić information content (AvgIpc) is 2.35. The van der Waals surface area contributed by atoms with Crippen LogP contribution < -0.4 is 4.74 Å². The number of hydrogen-bond donors (Lipinski definition) is 0. The van der Waals surface area contributed by atoms with E-state index in [0.717, 1.165) is 0 Å². The number of esters is 2. The van der Waals surface area contributed by atoms with Crippen molar-refractivity contribution in [3.63, 3.8) is 0 Å². The number of rotatable bonds is 3. The molecule has 19 heavy (non-hydrogen) atoms. The van der Waals surface area contributed by atoms with Crippen LogP contribution >= 0.6 is 0 Å². The molecule has 0 radical (unpaired) electrons. The second-order valence-electron chi connectivity index (χ2n) is 4.91. The van der Waals surface area contributed by atoms with Crippen molar-refractivity contribution in [1.29, 1.82) is 0 Å². The molecule has 0 aliphatic heterocycles. The predicted molar refractivity (Wildman–Crippen MR) is 69.5 cm³/mol. The Kier molecular flexibility index (Phi) is 4.53. The third kappa shape index (κ3) is 3.98. The third-order valence-electron chi connectivity index (χ3n) is 2.24. The van der Waals surface area contributed by atoms with Gasteiger partial charge in [-0.1, -0.05) is 0 Å². The lowest BCUT2D eigenvalue weighted by Gasteiger charge is -2.19. The minimum Gasteiger partial charge on any atom is -0.496 e. The number of benzene rings is 1. The van der Waals surface area contributed by atoms with Gasteiger partial charge in [0.2, 0.25) is 0 Å². The first-order valence-corrected chi connectivity index (χ1v) is 5.78. The zero-order valence-corrected chi connectivity index (χ0v) is 11.8. The molecule has 5 nitrogen and oxygen atoms in total. The number of hydrogen-bond acceptors (Lipinski definition) is 5. The second-order valence-corrected chi connectivity index (χ2v) is 4.91. The molecule has 0 saturated heterocycles. The Labute approximate surface area is 112 Å². The molecule has 0 aromatic heterocycles. The van der Waals surface area contributed by atoms with Crippen LogP contribution in [0.15, 0.2) is 18.2 Å². The fourth-order valence-corrected chi connectivity index (χ4v) is 1.44. The molecular weight excluding hydrogens is 248 g/mol. The summed E-state index contributed by atoms with van der Waals surface area (Å²) in [6.07, 6.45) is 0. The van der Waals surface area contributed by atoms with Crippen LogP contribution in [0.2, 0.25) is 0 Å². The van der Waals surface area contributed by atoms with Gasteiger partial charge in [-0.2, -0.15) is 0 Å². The van der Waals surface area contributed by atoms with Gasteiger partial charge < -0.3 is 14.2 Å². The average molecular weight is 266 g/mol. The SMILES string of the molecule is COC(=O)c1cc(C(=O)OC(C)(C)C)ccc1OC. The summed E-state index contributed by atoms with van der Waals surface area (Å²) in [5.41, 5.74) is -0.132. The van der Waals surface area contributed by atoms with Crippen LogP contribution in [0, 0.1) is 0 Å². The summed E-state index contributed by atoms with van der Waals surface area (Å²) in [5, 5.41) is 0. The van der Waals surface area contributed by atoms with Gasteiger partial charge in [0.25, 0.3) is 0 Å². The molecule has 0 aliphatic carbocycles. The highest BCUT2D eigenvalue weighted by atomic mass is 16.6. The van der Waals surface area contributed by atoms with E-state index in [4.69, 9.17) is 9.47 Å². The third-order valence-corrected chi connectivity index (χ3v) is 2.24. The molecule has 1 aromatic rings. The van der Waals surface area contributed by atoms with Crippen molar-refractivity contribution in [2.24, 2.45) is 0 Å². The van der Waals surface area contributed by atoms with E-state index in [1.54, 1.807) is 26.8 Å². The van der Waals surface area contributed by atoms with Crippen LogP contribution in [0.25, 0.3) is 0 Å². The van der Waals surface area contributed by atoms with Crippen LogP contribution in [0.5, 0.6) is 5.75 Å². The number of methoxy groups -OCH3 is 2. The lowest BCUT2D eigenvalue weighted by molar-refractivity contribution is 0.00695. The molecule has 0 fully saturated rings. The van der Waals surface area contributed by atoms with Crippen molar-refractivity contribution in [3.8, 4) is 5.75 Å². The number of ether oxygens (including phenoxy) is 3. The molecule has 0 saturated carbocycles. The molecule has 0 N–H and O–H groups in total.